The van der Waals surface area contributed by atoms with Crippen molar-refractivity contribution in [2.75, 3.05) is 0 Å². The molecule has 2 fully saturated rings. The van der Waals surface area contributed by atoms with Gasteiger partial charge in [-0.05, 0) is 88.4 Å². The van der Waals surface area contributed by atoms with Crippen LogP contribution in [0, 0.1) is 11.3 Å². The third-order valence-corrected chi connectivity index (χ3v) is 8.74. The van der Waals surface area contributed by atoms with Crippen LogP contribution in [0.3, 0.4) is 0 Å². The van der Waals surface area contributed by atoms with E-state index >= 15 is 0 Å². The maximum atomic E-state index is 13.7. The highest BCUT2D eigenvalue weighted by molar-refractivity contribution is 9.10. The second-order valence-corrected chi connectivity index (χ2v) is 11.6. The van der Waals surface area contributed by atoms with Crippen molar-refractivity contribution in [1.82, 2.24) is 4.90 Å². The van der Waals surface area contributed by atoms with Crippen molar-refractivity contribution < 1.29 is 9.53 Å². The minimum absolute atomic E-state index is 0.0317. The molecule has 1 amide bonds. The number of amidine groups is 1. The number of amides is 1. The Morgan fingerprint density at radius 1 is 1.08 bits per heavy atom. The van der Waals surface area contributed by atoms with E-state index in [9.17, 15) is 10.1 Å². The molecule has 0 atom stereocenters. The second-order valence-electron chi connectivity index (χ2n) is 9.70. The van der Waals surface area contributed by atoms with E-state index in [-0.39, 0.29) is 11.9 Å². The van der Waals surface area contributed by atoms with E-state index < -0.39 is 0 Å². The predicted octanol–water partition coefficient (Wildman–Crippen LogP) is 8.40. The van der Waals surface area contributed by atoms with Crippen LogP contribution < -0.4 is 4.74 Å². The van der Waals surface area contributed by atoms with E-state index in [0.29, 0.717) is 22.8 Å². The van der Waals surface area contributed by atoms with Crippen LogP contribution in [-0.4, -0.2) is 22.0 Å². The topological polar surface area (TPSA) is 65.7 Å². The molecule has 0 radical (unpaired) electrons. The average Bonchev–Trinajstić information content (AvgIpc) is 3.27. The summed E-state index contributed by atoms with van der Waals surface area (Å²) >= 11 is 5.08. The number of carbonyl (C=O) groups is 1. The number of para-hydroxylation sites is 1. The van der Waals surface area contributed by atoms with Gasteiger partial charge in [0.25, 0.3) is 5.91 Å². The van der Waals surface area contributed by atoms with Gasteiger partial charge < -0.3 is 4.74 Å². The Hall–Kier alpha value is -3.34. The summed E-state index contributed by atoms with van der Waals surface area (Å²) < 4.78 is 6.78. The van der Waals surface area contributed by atoms with Gasteiger partial charge in [-0.2, -0.15) is 5.26 Å². The molecule has 1 saturated carbocycles. The lowest BCUT2D eigenvalue weighted by Gasteiger charge is -2.30. The molecule has 0 spiro atoms. The molecule has 0 bridgehead atoms. The van der Waals surface area contributed by atoms with Gasteiger partial charge in [0.15, 0.2) is 5.17 Å². The summed E-state index contributed by atoms with van der Waals surface area (Å²) in [5.41, 5.74) is 4.45. The molecule has 7 heteroatoms. The Morgan fingerprint density at radius 3 is 2.56 bits per heavy atom. The van der Waals surface area contributed by atoms with Gasteiger partial charge in [0.05, 0.1) is 26.7 Å². The summed E-state index contributed by atoms with van der Waals surface area (Å²) in [6.07, 6.45) is 8.37. The molecule has 5 nitrogen and oxygen atoms in total. The highest BCUT2D eigenvalue weighted by atomic mass is 79.9. The number of thioether (sulfide) groups is 1. The van der Waals surface area contributed by atoms with Crippen molar-refractivity contribution >= 4 is 50.5 Å². The Kier molecular flexibility index (Phi) is 8.85. The zero-order valence-corrected chi connectivity index (χ0v) is 24.3. The van der Waals surface area contributed by atoms with Crippen LogP contribution in [0.15, 0.2) is 81.1 Å². The van der Waals surface area contributed by atoms with Gasteiger partial charge in [0, 0.05) is 11.6 Å². The molecule has 3 aromatic carbocycles. The van der Waals surface area contributed by atoms with Crippen molar-refractivity contribution in [2.45, 2.75) is 58.1 Å². The fourth-order valence-electron chi connectivity index (χ4n) is 5.03. The molecule has 39 heavy (non-hydrogen) atoms. The van der Waals surface area contributed by atoms with Crippen molar-refractivity contribution in [2.24, 2.45) is 4.99 Å². The molecule has 198 valence electrons. The summed E-state index contributed by atoms with van der Waals surface area (Å²) in [5.74, 6) is 0.710. The molecule has 1 aliphatic heterocycles. The summed E-state index contributed by atoms with van der Waals surface area (Å²) in [6, 6.07) is 23.8. The van der Waals surface area contributed by atoms with Crippen molar-refractivity contribution in [1.29, 1.82) is 5.26 Å². The molecular formula is C32H30BrN3O2S. The van der Waals surface area contributed by atoms with Crippen LogP contribution >= 0.6 is 27.7 Å². The van der Waals surface area contributed by atoms with E-state index in [1.165, 1.54) is 23.7 Å². The Balaban J connectivity index is 1.40. The molecule has 5 rings (SSSR count). The minimum atomic E-state index is 0.0317. The molecule has 0 N–H and O–H groups in total. The van der Waals surface area contributed by atoms with Crippen LogP contribution in [0.5, 0.6) is 5.75 Å². The number of nitrogens with zero attached hydrogens (tertiary/aromatic N) is 3. The summed E-state index contributed by atoms with van der Waals surface area (Å²) in [4.78, 5) is 21.4. The number of carbonyl (C=O) groups excluding carboxylic acids is 1. The zero-order chi connectivity index (χ0) is 27.2. The van der Waals surface area contributed by atoms with E-state index in [0.717, 1.165) is 58.6 Å². The molecule has 0 aromatic heterocycles. The lowest BCUT2D eigenvalue weighted by molar-refractivity contribution is -0.124. The number of aliphatic imine (C=N–C) groups is 1. The maximum absolute atomic E-state index is 13.7. The number of rotatable bonds is 7. The van der Waals surface area contributed by atoms with Crippen LogP contribution in [-0.2, 0) is 17.8 Å². The van der Waals surface area contributed by atoms with Gasteiger partial charge in [-0.15, -0.1) is 0 Å². The summed E-state index contributed by atoms with van der Waals surface area (Å²) in [5, 5.41) is 10.1. The van der Waals surface area contributed by atoms with E-state index in [1.54, 1.807) is 6.07 Å². The molecule has 1 saturated heterocycles. The molecule has 2 aliphatic rings. The molecule has 3 aromatic rings. The van der Waals surface area contributed by atoms with Gasteiger partial charge in [-0.3, -0.25) is 9.69 Å². The first-order valence-electron chi connectivity index (χ1n) is 13.4. The predicted molar refractivity (Wildman–Crippen MR) is 162 cm³/mol. The van der Waals surface area contributed by atoms with Crippen LogP contribution in [0.4, 0.5) is 5.69 Å². The lowest BCUT2D eigenvalue weighted by atomic mass is 9.94. The molecule has 0 unspecified atom stereocenters. The number of halogens is 1. The van der Waals surface area contributed by atoms with E-state index in [2.05, 4.69) is 35.0 Å². The van der Waals surface area contributed by atoms with Gasteiger partial charge in [0.2, 0.25) is 0 Å². The van der Waals surface area contributed by atoms with Crippen molar-refractivity contribution in [3.8, 4) is 11.8 Å². The smallest absolute Gasteiger partial charge is 0.267 e. The minimum Gasteiger partial charge on any atom is -0.488 e. The van der Waals surface area contributed by atoms with E-state index in [1.807, 2.05) is 65.6 Å². The number of hydrogen-bond acceptors (Lipinski definition) is 5. The molecule has 1 heterocycles. The number of hydrogen-bond donors (Lipinski definition) is 0. The van der Waals surface area contributed by atoms with Crippen LogP contribution in [0.2, 0.25) is 0 Å². The molecule has 1 aliphatic carbocycles. The Labute approximate surface area is 242 Å². The van der Waals surface area contributed by atoms with Crippen molar-refractivity contribution in [3.63, 3.8) is 0 Å². The monoisotopic (exact) mass is 599 g/mol. The maximum Gasteiger partial charge on any atom is 0.267 e. The highest BCUT2D eigenvalue weighted by Gasteiger charge is 2.38. The lowest BCUT2D eigenvalue weighted by Crippen LogP contribution is -2.40. The zero-order valence-electron chi connectivity index (χ0n) is 21.9. The quantitative estimate of drug-likeness (QED) is 0.256. The first-order chi connectivity index (χ1) is 19.1. The van der Waals surface area contributed by atoms with Gasteiger partial charge in [-0.25, -0.2) is 4.99 Å². The van der Waals surface area contributed by atoms with Crippen molar-refractivity contribution in [3.05, 3.63) is 98.4 Å². The third kappa shape index (κ3) is 6.29. The fraction of sp³-hybridized carbons (Fsp3) is 0.281. The van der Waals surface area contributed by atoms with Gasteiger partial charge in [0.1, 0.15) is 12.4 Å². The SMILES string of the molecule is CCc1ccccc1N=C1S/C(=C/c2ccc(OCc3ccccc3C#N)c(Br)c2)C(=O)N1C1CCCCC1. The summed E-state index contributed by atoms with van der Waals surface area (Å²) in [6.45, 7) is 2.43. The number of aryl methyl sites for hydroxylation is 1. The number of nitriles is 1. The largest absolute Gasteiger partial charge is 0.488 e. The first kappa shape index (κ1) is 27.2. The highest BCUT2D eigenvalue weighted by Crippen LogP contribution is 2.39. The normalized spacial score (nSPS) is 18.1. The van der Waals surface area contributed by atoms with E-state index in [4.69, 9.17) is 9.73 Å². The average molecular weight is 601 g/mol. The Morgan fingerprint density at radius 2 is 1.82 bits per heavy atom. The van der Waals surface area contributed by atoms with Gasteiger partial charge in [-0.1, -0.05) is 68.7 Å². The van der Waals surface area contributed by atoms with Crippen LogP contribution in [0.25, 0.3) is 6.08 Å². The van der Waals surface area contributed by atoms with Crippen LogP contribution in [0.1, 0.15) is 61.3 Å². The number of ether oxygens (including phenoxy) is 1. The Bertz CT molecular complexity index is 1470. The standard InChI is InChI=1S/C32H30BrN3O2S/c1-2-23-10-8-9-15-28(23)35-32-36(26-13-4-3-5-14-26)31(37)30(39-32)19-22-16-17-29(27(33)18-22)38-21-25-12-7-6-11-24(25)20-34/h6-12,15-19,26H,2-5,13-14,21H2,1H3/b30-19+,35-32?. The molecular weight excluding hydrogens is 570 g/mol. The fourth-order valence-corrected chi connectivity index (χ4v) is 6.60. The first-order valence-corrected chi connectivity index (χ1v) is 15.0. The number of benzene rings is 3. The second kappa shape index (κ2) is 12.7. The summed E-state index contributed by atoms with van der Waals surface area (Å²) in [7, 11) is 0. The van der Waals surface area contributed by atoms with Gasteiger partial charge >= 0.3 is 0 Å². The third-order valence-electron chi connectivity index (χ3n) is 7.14.